The number of hydrogen-bond donors (Lipinski definition) is 0. The van der Waals surface area contributed by atoms with Crippen LogP contribution in [0.1, 0.15) is 42.1 Å². The lowest BCUT2D eigenvalue weighted by atomic mass is 10.1. The summed E-state index contributed by atoms with van der Waals surface area (Å²) in [6.07, 6.45) is 2.91. The Morgan fingerprint density at radius 2 is 1.94 bits per heavy atom. The molecule has 2 rings (SSSR count). The van der Waals surface area contributed by atoms with Crippen LogP contribution in [-0.2, 0) is 4.79 Å². The fourth-order valence-corrected chi connectivity index (χ4v) is 2.34. The van der Waals surface area contributed by atoms with Gasteiger partial charge in [-0.1, -0.05) is 19.8 Å². The highest BCUT2D eigenvalue weighted by molar-refractivity contribution is 6.52. The van der Waals surface area contributed by atoms with Gasteiger partial charge in [0.1, 0.15) is 5.82 Å². The molecule has 1 aromatic rings. The number of carbonyl (C=O) groups is 2. The number of Topliss-reactive ketones (excluding diaryl/α,β-unsaturated/α-hetero) is 1. The molecule has 0 radical (unpaired) electrons. The topological polar surface area (TPSA) is 37.4 Å². The highest BCUT2D eigenvalue weighted by atomic mass is 19.1. The number of benzene rings is 1. The number of aryl methyl sites for hydroxylation is 1. The van der Waals surface area contributed by atoms with Crippen molar-refractivity contribution in [1.29, 1.82) is 0 Å². The molecule has 0 spiro atoms. The quantitative estimate of drug-likeness (QED) is 0.607. The summed E-state index contributed by atoms with van der Waals surface area (Å²) in [5.41, 5.74) is 1.43. The molecule has 96 valence electrons. The third-order valence-electron chi connectivity index (χ3n) is 3.20. The van der Waals surface area contributed by atoms with Crippen molar-refractivity contribution in [2.75, 3.05) is 11.4 Å². The van der Waals surface area contributed by atoms with Crippen molar-refractivity contribution in [3.63, 3.8) is 0 Å². The largest absolute Gasteiger partial charge is 0.304 e. The molecule has 3 nitrogen and oxygen atoms in total. The van der Waals surface area contributed by atoms with Crippen molar-refractivity contribution in [3.05, 3.63) is 29.1 Å². The molecule has 0 bridgehead atoms. The number of unbranched alkanes of at least 4 members (excludes halogenated alkanes) is 2. The van der Waals surface area contributed by atoms with Crippen molar-refractivity contribution in [2.24, 2.45) is 0 Å². The van der Waals surface area contributed by atoms with Crippen LogP contribution in [0.15, 0.2) is 12.1 Å². The first-order valence-corrected chi connectivity index (χ1v) is 6.22. The van der Waals surface area contributed by atoms with Gasteiger partial charge in [-0.3, -0.25) is 9.59 Å². The van der Waals surface area contributed by atoms with E-state index in [2.05, 4.69) is 6.92 Å². The second-order valence-corrected chi connectivity index (χ2v) is 4.61. The average Bonchev–Trinajstić information content (AvgIpc) is 2.55. The van der Waals surface area contributed by atoms with E-state index in [4.69, 9.17) is 0 Å². The van der Waals surface area contributed by atoms with Crippen LogP contribution in [0.5, 0.6) is 0 Å². The molecule has 1 aromatic carbocycles. The van der Waals surface area contributed by atoms with Gasteiger partial charge in [0.15, 0.2) is 0 Å². The normalized spacial score (nSPS) is 14.3. The molecule has 1 heterocycles. The summed E-state index contributed by atoms with van der Waals surface area (Å²) in [7, 11) is 0. The number of amides is 1. The van der Waals surface area contributed by atoms with Gasteiger partial charge in [-0.2, -0.15) is 0 Å². The molecule has 0 saturated heterocycles. The van der Waals surface area contributed by atoms with Crippen molar-refractivity contribution in [3.8, 4) is 0 Å². The summed E-state index contributed by atoms with van der Waals surface area (Å²) in [4.78, 5) is 25.1. The maximum absolute atomic E-state index is 13.3. The lowest BCUT2D eigenvalue weighted by molar-refractivity contribution is -0.114. The van der Waals surface area contributed by atoms with E-state index in [0.717, 1.165) is 25.3 Å². The Bertz CT molecular complexity index is 511. The number of hydrogen-bond acceptors (Lipinski definition) is 2. The summed E-state index contributed by atoms with van der Waals surface area (Å²) in [6.45, 7) is 4.32. The summed E-state index contributed by atoms with van der Waals surface area (Å²) in [5, 5.41) is 0. The Morgan fingerprint density at radius 3 is 2.61 bits per heavy atom. The highest BCUT2D eigenvalue weighted by Crippen LogP contribution is 2.33. The Labute approximate surface area is 106 Å². The molecule has 0 aliphatic carbocycles. The van der Waals surface area contributed by atoms with Crippen LogP contribution in [0, 0.1) is 12.7 Å². The van der Waals surface area contributed by atoms with Crippen LogP contribution in [-0.4, -0.2) is 18.2 Å². The van der Waals surface area contributed by atoms with E-state index in [1.807, 2.05) is 0 Å². The molecular formula is C14H16FNO2. The number of carbonyl (C=O) groups excluding carboxylic acids is 2. The molecule has 1 aliphatic heterocycles. The van der Waals surface area contributed by atoms with E-state index in [9.17, 15) is 14.0 Å². The molecule has 0 unspecified atom stereocenters. The molecular weight excluding hydrogens is 233 g/mol. The number of halogens is 1. The van der Waals surface area contributed by atoms with E-state index in [0.29, 0.717) is 17.8 Å². The zero-order chi connectivity index (χ0) is 13.3. The minimum absolute atomic E-state index is 0.203. The third kappa shape index (κ3) is 2.03. The maximum Gasteiger partial charge on any atom is 0.299 e. The minimum Gasteiger partial charge on any atom is -0.304 e. The van der Waals surface area contributed by atoms with E-state index in [-0.39, 0.29) is 5.56 Å². The van der Waals surface area contributed by atoms with E-state index < -0.39 is 17.5 Å². The molecule has 18 heavy (non-hydrogen) atoms. The van der Waals surface area contributed by atoms with Gasteiger partial charge in [0.25, 0.3) is 11.7 Å². The molecule has 0 N–H and O–H groups in total. The second-order valence-electron chi connectivity index (χ2n) is 4.61. The smallest absolute Gasteiger partial charge is 0.299 e. The SMILES string of the molecule is CCCCCN1C(=O)C(=O)c2cc(F)cc(C)c21. The van der Waals surface area contributed by atoms with Gasteiger partial charge in [0, 0.05) is 6.54 Å². The van der Waals surface area contributed by atoms with Gasteiger partial charge in [0.2, 0.25) is 0 Å². The van der Waals surface area contributed by atoms with Gasteiger partial charge in [-0.15, -0.1) is 0 Å². The first-order valence-electron chi connectivity index (χ1n) is 6.22. The van der Waals surface area contributed by atoms with E-state index in [1.165, 1.54) is 11.0 Å². The van der Waals surface area contributed by atoms with Crippen LogP contribution < -0.4 is 4.90 Å². The zero-order valence-electron chi connectivity index (χ0n) is 10.6. The molecule has 1 aliphatic rings. The number of fused-ring (bicyclic) bond motifs is 1. The van der Waals surface area contributed by atoms with Crippen molar-refractivity contribution in [2.45, 2.75) is 33.1 Å². The minimum atomic E-state index is -0.593. The maximum atomic E-state index is 13.3. The van der Waals surface area contributed by atoms with Crippen LogP contribution in [0.25, 0.3) is 0 Å². The second kappa shape index (κ2) is 4.88. The van der Waals surface area contributed by atoms with Gasteiger partial charge in [-0.05, 0) is 31.0 Å². The Kier molecular flexibility index (Phi) is 3.45. The fraction of sp³-hybridized carbons (Fsp3) is 0.429. The molecule has 0 aromatic heterocycles. The number of anilines is 1. The van der Waals surface area contributed by atoms with Crippen LogP contribution in [0.4, 0.5) is 10.1 Å². The first kappa shape index (κ1) is 12.7. The van der Waals surface area contributed by atoms with Crippen LogP contribution in [0.2, 0.25) is 0 Å². The highest BCUT2D eigenvalue weighted by Gasteiger charge is 2.36. The average molecular weight is 249 g/mol. The predicted octanol–water partition coefficient (Wildman–Crippen LogP) is 2.85. The van der Waals surface area contributed by atoms with Crippen LogP contribution >= 0.6 is 0 Å². The lowest BCUT2D eigenvalue weighted by Gasteiger charge is -2.18. The summed E-state index contributed by atoms with van der Waals surface area (Å²) < 4.78 is 13.3. The zero-order valence-corrected chi connectivity index (χ0v) is 10.6. The Hall–Kier alpha value is -1.71. The fourth-order valence-electron chi connectivity index (χ4n) is 2.34. The Balaban J connectivity index is 2.36. The Morgan fingerprint density at radius 1 is 1.22 bits per heavy atom. The molecule has 0 fully saturated rings. The number of ketones is 1. The summed E-state index contributed by atoms with van der Waals surface area (Å²) in [5.74, 6) is -1.60. The van der Waals surface area contributed by atoms with E-state index in [1.54, 1.807) is 6.92 Å². The lowest BCUT2D eigenvalue weighted by Crippen LogP contribution is -2.31. The van der Waals surface area contributed by atoms with Crippen LogP contribution in [0.3, 0.4) is 0 Å². The summed E-state index contributed by atoms with van der Waals surface area (Å²) in [6, 6.07) is 2.51. The number of rotatable bonds is 4. The van der Waals surface area contributed by atoms with Crippen molar-refractivity contribution < 1.29 is 14.0 Å². The van der Waals surface area contributed by atoms with E-state index >= 15 is 0 Å². The third-order valence-corrected chi connectivity index (χ3v) is 3.20. The van der Waals surface area contributed by atoms with Gasteiger partial charge in [0.05, 0.1) is 11.3 Å². The van der Waals surface area contributed by atoms with Crippen molar-refractivity contribution in [1.82, 2.24) is 0 Å². The molecule has 1 amide bonds. The van der Waals surface area contributed by atoms with Gasteiger partial charge in [-0.25, -0.2) is 4.39 Å². The first-order chi connectivity index (χ1) is 8.56. The van der Waals surface area contributed by atoms with Crippen molar-refractivity contribution >= 4 is 17.4 Å². The predicted molar refractivity (Wildman–Crippen MR) is 67.3 cm³/mol. The van der Waals surface area contributed by atoms with Gasteiger partial charge < -0.3 is 4.90 Å². The molecule has 0 atom stereocenters. The monoisotopic (exact) mass is 249 g/mol. The number of nitrogens with zero attached hydrogens (tertiary/aromatic N) is 1. The standard InChI is InChI=1S/C14H16FNO2/c1-3-4-5-6-16-12-9(2)7-10(15)8-11(12)13(17)14(16)18/h7-8H,3-6H2,1-2H3. The summed E-state index contributed by atoms with van der Waals surface area (Å²) >= 11 is 0. The molecule has 0 saturated carbocycles. The van der Waals surface area contributed by atoms with Gasteiger partial charge >= 0.3 is 0 Å². The molecule has 4 heteroatoms.